The van der Waals surface area contributed by atoms with E-state index in [0.29, 0.717) is 16.4 Å². The van der Waals surface area contributed by atoms with E-state index in [1.54, 1.807) is 37.3 Å². The maximum absolute atomic E-state index is 12.2. The van der Waals surface area contributed by atoms with Crippen LogP contribution in [-0.4, -0.2) is 22.2 Å². The molecule has 0 atom stereocenters. The number of carbonyl (C=O) groups is 2. The molecule has 1 heterocycles. The number of hydrogen-bond donors (Lipinski definition) is 2. The van der Waals surface area contributed by atoms with Crippen molar-refractivity contribution in [2.24, 2.45) is 0 Å². The summed E-state index contributed by atoms with van der Waals surface area (Å²) in [5, 5.41) is 11.6. The first-order valence-corrected chi connectivity index (χ1v) is 6.29. The van der Waals surface area contributed by atoms with Gasteiger partial charge in [0.1, 0.15) is 0 Å². The first kappa shape index (κ1) is 14.8. The van der Waals surface area contributed by atoms with Crippen molar-refractivity contribution in [1.82, 2.24) is 4.98 Å². The molecule has 0 aliphatic rings. The Labute approximate surface area is 125 Å². The van der Waals surface area contributed by atoms with Gasteiger partial charge in [0.2, 0.25) is 0 Å². The minimum absolute atomic E-state index is 0.127. The van der Waals surface area contributed by atoms with Crippen LogP contribution in [0.1, 0.15) is 16.2 Å². The van der Waals surface area contributed by atoms with Crippen LogP contribution in [0.3, 0.4) is 0 Å². The number of aromatic nitrogens is 1. The van der Waals surface area contributed by atoms with Crippen LogP contribution in [0, 0.1) is 6.92 Å². The van der Waals surface area contributed by atoms with E-state index in [0.717, 1.165) is 0 Å². The second-order valence-corrected chi connectivity index (χ2v) is 4.51. The Bertz CT molecular complexity index is 703. The summed E-state index contributed by atoms with van der Waals surface area (Å²) < 4.78 is 4.55. The molecule has 0 bridgehead atoms. The number of carbonyl (C=O) groups excluding carboxylic acids is 1. The molecule has 21 heavy (non-hydrogen) atoms. The number of anilines is 1. The fourth-order valence-corrected chi connectivity index (χ4v) is 1.81. The lowest BCUT2D eigenvalue weighted by atomic mass is 10.2. The van der Waals surface area contributed by atoms with Gasteiger partial charge in [-0.2, -0.15) is 0 Å². The van der Waals surface area contributed by atoms with Crippen LogP contribution in [0.25, 0.3) is 0 Å². The van der Waals surface area contributed by atoms with Crippen molar-refractivity contribution >= 4 is 29.4 Å². The second kappa shape index (κ2) is 6.23. The van der Waals surface area contributed by atoms with E-state index in [9.17, 15) is 9.59 Å². The molecule has 2 N–H and O–H groups in total. The second-order valence-electron chi connectivity index (χ2n) is 4.10. The molecule has 0 radical (unpaired) electrons. The summed E-state index contributed by atoms with van der Waals surface area (Å²) in [6.45, 7) is 1.68. The molecular formula is C14H11ClN2O4. The number of carboxylic acid groups (broad SMARTS) is 1. The Kier molecular flexibility index (Phi) is 4.39. The van der Waals surface area contributed by atoms with Crippen LogP contribution in [0.2, 0.25) is 5.02 Å². The Morgan fingerprint density at radius 1 is 1.24 bits per heavy atom. The Balaban J connectivity index is 2.32. The van der Waals surface area contributed by atoms with E-state index < -0.39 is 12.1 Å². The topological polar surface area (TPSA) is 88.5 Å². The molecule has 1 aromatic carbocycles. The lowest BCUT2D eigenvalue weighted by molar-refractivity contribution is 0.101. The maximum Gasteiger partial charge on any atom is 0.511 e. The standard InChI is InChI=1S/C14H11ClN2O4/c1-8-6-7-11(21-14(19)20)12(16-8)13(18)17-10-5-3-2-4-9(10)15/h2-7H,1H3,(H,17,18)(H,19,20). The first-order valence-electron chi connectivity index (χ1n) is 5.91. The number of ether oxygens (including phenoxy) is 1. The van der Waals surface area contributed by atoms with Crippen molar-refractivity contribution in [2.45, 2.75) is 6.92 Å². The molecule has 7 heteroatoms. The highest BCUT2D eigenvalue weighted by Crippen LogP contribution is 2.23. The van der Waals surface area contributed by atoms with Gasteiger partial charge in [-0.05, 0) is 31.2 Å². The number of halogens is 1. The first-order chi connectivity index (χ1) is 9.97. The highest BCUT2D eigenvalue weighted by atomic mass is 35.5. The van der Waals surface area contributed by atoms with Crippen molar-refractivity contribution < 1.29 is 19.4 Å². The molecule has 1 aromatic heterocycles. The van der Waals surface area contributed by atoms with Crippen LogP contribution in [0.15, 0.2) is 36.4 Å². The van der Waals surface area contributed by atoms with E-state index in [1.165, 1.54) is 6.07 Å². The highest BCUT2D eigenvalue weighted by molar-refractivity contribution is 6.33. The number of hydrogen-bond acceptors (Lipinski definition) is 4. The van der Waals surface area contributed by atoms with Gasteiger partial charge in [-0.25, -0.2) is 9.78 Å². The van der Waals surface area contributed by atoms with Crippen LogP contribution < -0.4 is 10.1 Å². The third-order valence-electron chi connectivity index (χ3n) is 2.53. The van der Waals surface area contributed by atoms with Crippen LogP contribution in [0.5, 0.6) is 5.75 Å². The third-order valence-corrected chi connectivity index (χ3v) is 2.86. The van der Waals surface area contributed by atoms with Gasteiger partial charge in [-0.15, -0.1) is 0 Å². The van der Waals surface area contributed by atoms with E-state index in [-0.39, 0.29) is 11.4 Å². The van der Waals surface area contributed by atoms with E-state index in [2.05, 4.69) is 15.0 Å². The summed E-state index contributed by atoms with van der Waals surface area (Å²) in [6.07, 6.45) is -1.52. The number of amides is 1. The molecule has 0 aliphatic carbocycles. The summed E-state index contributed by atoms with van der Waals surface area (Å²) >= 11 is 5.95. The van der Waals surface area contributed by atoms with Crippen molar-refractivity contribution in [1.29, 1.82) is 0 Å². The number of nitrogens with zero attached hydrogens (tertiary/aromatic N) is 1. The molecule has 108 valence electrons. The maximum atomic E-state index is 12.2. The zero-order valence-electron chi connectivity index (χ0n) is 11.0. The average molecular weight is 307 g/mol. The summed E-state index contributed by atoms with van der Waals surface area (Å²) in [4.78, 5) is 26.9. The number of rotatable bonds is 3. The number of para-hydroxylation sites is 1. The Hall–Kier alpha value is -2.60. The lowest BCUT2D eigenvalue weighted by Crippen LogP contribution is -2.17. The smallest absolute Gasteiger partial charge is 0.449 e. The number of pyridine rings is 1. The van der Waals surface area contributed by atoms with E-state index in [1.807, 2.05) is 0 Å². The number of nitrogens with one attached hydrogen (secondary N) is 1. The lowest BCUT2D eigenvalue weighted by Gasteiger charge is -2.10. The van der Waals surface area contributed by atoms with E-state index >= 15 is 0 Å². The molecule has 0 fully saturated rings. The third kappa shape index (κ3) is 3.70. The minimum Gasteiger partial charge on any atom is -0.449 e. The van der Waals surface area contributed by atoms with Gasteiger partial charge in [0, 0.05) is 5.69 Å². The van der Waals surface area contributed by atoms with Crippen LogP contribution in [0.4, 0.5) is 10.5 Å². The molecule has 2 rings (SSSR count). The molecule has 0 unspecified atom stereocenters. The molecule has 1 amide bonds. The van der Waals surface area contributed by atoms with Gasteiger partial charge in [-0.3, -0.25) is 4.79 Å². The van der Waals surface area contributed by atoms with Gasteiger partial charge in [0.15, 0.2) is 11.4 Å². The number of aryl methyl sites for hydroxylation is 1. The van der Waals surface area contributed by atoms with Gasteiger partial charge >= 0.3 is 6.16 Å². The van der Waals surface area contributed by atoms with Gasteiger partial charge in [0.25, 0.3) is 5.91 Å². The largest absolute Gasteiger partial charge is 0.511 e. The van der Waals surface area contributed by atoms with Crippen molar-refractivity contribution in [2.75, 3.05) is 5.32 Å². The quantitative estimate of drug-likeness (QED) is 0.849. The van der Waals surface area contributed by atoms with Crippen LogP contribution in [-0.2, 0) is 0 Å². The predicted octanol–water partition coefficient (Wildman–Crippen LogP) is 3.35. The van der Waals surface area contributed by atoms with Crippen molar-refractivity contribution in [3.05, 3.63) is 52.8 Å². The molecular weight excluding hydrogens is 296 g/mol. The zero-order chi connectivity index (χ0) is 15.4. The van der Waals surface area contributed by atoms with Crippen molar-refractivity contribution in [3.63, 3.8) is 0 Å². The summed E-state index contributed by atoms with van der Waals surface area (Å²) in [5.41, 5.74) is 0.822. The summed E-state index contributed by atoms with van der Waals surface area (Å²) in [7, 11) is 0. The molecule has 0 aliphatic heterocycles. The zero-order valence-corrected chi connectivity index (χ0v) is 11.7. The molecule has 0 saturated carbocycles. The van der Waals surface area contributed by atoms with E-state index in [4.69, 9.17) is 16.7 Å². The normalized spacial score (nSPS) is 10.0. The summed E-state index contributed by atoms with van der Waals surface area (Å²) in [5.74, 6) is -0.749. The molecule has 2 aromatic rings. The predicted molar refractivity (Wildman–Crippen MR) is 77.0 cm³/mol. The van der Waals surface area contributed by atoms with Gasteiger partial charge in [-0.1, -0.05) is 23.7 Å². The van der Waals surface area contributed by atoms with Crippen LogP contribution >= 0.6 is 11.6 Å². The number of benzene rings is 1. The Morgan fingerprint density at radius 2 is 1.95 bits per heavy atom. The molecule has 0 spiro atoms. The SMILES string of the molecule is Cc1ccc(OC(=O)O)c(C(=O)Nc2ccccc2Cl)n1. The molecule has 0 saturated heterocycles. The van der Waals surface area contributed by atoms with Crippen molar-refractivity contribution in [3.8, 4) is 5.75 Å². The Morgan fingerprint density at radius 3 is 2.62 bits per heavy atom. The monoisotopic (exact) mass is 306 g/mol. The summed E-state index contributed by atoms with van der Waals surface area (Å²) in [6, 6.07) is 9.59. The van der Waals surface area contributed by atoms with Gasteiger partial charge in [0.05, 0.1) is 10.7 Å². The average Bonchev–Trinajstić information content (AvgIpc) is 2.43. The fourth-order valence-electron chi connectivity index (χ4n) is 1.63. The highest BCUT2D eigenvalue weighted by Gasteiger charge is 2.18. The fraction of sp³-hybridized carbons (Fsp3) is 0.0714. The molecule has 6 nitrogen and oxygen atoms in total. The minimum atomic E-state index is -1.52. The van der Waals surface area contributed by atoms with Gasteiger partial charge < -0.3 is 15.2 Å².